The Balaban J connectivity index is 1.48. The van der Waals surface area contributed by atoms with Gasteiger partial charge in [-0.05, 0) is 48.0 Å². The molecule has 140 valence electrons. The minimum atomic E-state index is -0.362. The molecule has 0 aliphatic heterocycles. The molecule has 8 heteroatoms. The Bertz CT molecular complexity index is 1100. The third-order valence-electron chi connectivity index (χ3n) is 4.12. The Kier molecular flexibility index (Phi) is 4.90. The summed E-state index contributed by atoms with van der Waals surface area (Å²) >= 11 is 5.91. The van der Waals surface area contributed by atoms with Crippen molar-refractivity contribution in [3.8, 4) is 5.69 Å². The van der Waals surface area contributed by atoms with Crippen molar-refractivity contribution in [1.82, 2.24) is 19.6 Å². The second-order valence-corrected chi connectivity index (χ2v) is 6.51. The lowest BCUT2D eigenvalue weighted by atomic mass is 10.2. The quantitative estimate of drug-likeness (QED) is 0.551. The SMILES string of the molecule is O=C(Nc1ccnn1Cc1ccc(Cl)cc1)c1ccn(-c2ccc(F)cc2)n1. The molecule has 0 bridgehead atoms. The topological polar surface area (TPSA) is 64.7 Å². The number of amides is 1. The Morgan fingerprint density at radius 2 is 1.79 bits per heavy atom. The van der Waals surface area contributed by atoms with Gasteiger partial charge in [0.15, 0.2) is 5.69 Å². The molecule has 2 aromatic heterocycles. The van der Waals surface area contributed by atoms with E-state index in [1.165, 1.54) is 16.8 Å². The molecule has 0 saturated carbocycles. The van der Waals surface area contributed by atoms with Gasteiger partial charge in [0.05, 0.1) is 18.4 Å². The lowest BCUT2D eigenvalue weighted by molar-refractivity contribution is 0.102. The molecule has 0 aliphatic carbocycles. The van der Waals surface area contributed by atoms with Crippen LogP contribution in [0, 0.1) is 5.82 Å². The standard InChI is InChI=1S/C20H15ClFN5O/c21-15-3-1-14(2-4-15)13-27-19(9-11-23-27)24-20(28)18-10-12-26(25-18)17-7-5-16(22)6-8-17/h1-12H,13H2,(H,24,28). The predicted octanol–water partition coefficient (Wildman–Crippen LogP) is 4.16. The van der Waals surface area contributed by atoms with Crippen LogP contribution in [0.4, 0.5) is 10.2 Å². The second kappa shape index (κ2) is 7.66. The van der Waals surface area contributed by atoms with Gasteiger partial charge in [0.2, 0.25) is 0 Å². The van der Waals surface area contributed by atoms with E-state index < -0.39 is 0 Å². The Hall–Kier alpha value is -3.45. The first-order chi connectivity index (χ1) is 13.6. The van der Waals surface area contributed by atoms with Crippen LogP contribution in [0.15, 0.2) is 73.1 Å². The van der Waals surface area contributed by atoms with Gasteiger partial charge in [-0.2, -0.15) is 10.2 Å². The van der Waals surface area contributed by atoms with Crippen molar-refractivity contribution in [3.05, 3.63) is 95.2 Å². The van der Waals surface area contributed by atoms with E-state index in [9.17, 15) is 9.18 Å². The van der Waals surface area contributed by atoms with E-state index in [0.29, 0.717) is 23.1 Å². The van der Waals surface area contributed by atoms with E-state index in [-0.39, 0.29) is 17.4 Å². The van der Waals surface area contributed by atoms with Crippen LogP contribution in [0.1, 0.15) is 16.1 Å². The normalized spacial score (nSPS) is 10.8. The fourth-order valence-electron chi connectivity index (χ4n) is 2.69. The number of benzene rings is 2. The van der Waals surface area contributed by atoms with Crippen LogP contribution in [0.2, 0.25) is 5.02 Å². The summed E-state index contributed by atoms with van der Waals surface area (Å²) in [6.45, 7) is 0.490. The highest BCUT2D eigenvalue weighted by molar-refractivity contribution is 6.30. The van der Waals surface area contributed by atoms with Gasteiger partial charge in [0, 0.05) is 17.3 Å². The summed E-state index contributed by atoms with van der Waals surface area (Å²) < 4.78 is 16.2. The van der Waals surface area contributed by atoms with E-state index in [1.807, 2.05) is 12.1 Å². The van der Waals surface area contributed by atoms with Gasteiger partial charge in [0.25, 0.3) is 5.91 Å². The van der Waals surface area contributed by atoms with E-state index >= 15 is 0 Å². The van der Waals surface area contributed by atoms with Crippen molar-refractivity contribution in [2.75, 3.05) is 5.32 Å². The molecule has 4 rings (SSSR count). The van der Waals surface area contributed by atoms with Crippen LogP contribution >= 0.6 is 11.6 Å². The Morgan fingerprint density at radius 3 is 2.54 bits per heavy atom. The zero-order valence-electron chi connectivity index (χ0n) is 14.6. The summed E-state index contributed by atoms with van der Waals surface area (Å²) in [5.41, 5.74) is 1.90. The molecule has 1 amide bonds. The maximum Gasteiger partial charge on any atom is 0.277 e. The second-order valence-electron chi connectivity index (χ2n) is 6.08. The molecule has 0 fully saturated rings. The first-order valence-corrected chi connectivity index (χ1v) is 8.85. The fraction of sp³-hybridized carbons (Fsp3) is 0.0500. The molecule has 2 heterocycles. The highest BCUT2D eigenvalue weighted by atomic mass is 35.5. The average molecular weight is 396 g/mol. The molecule has 4 aromatic rings. The third kappa shape index (κ3) is 3.94. The first kappa shape index (κ1) is 17.9. The molecule has 28 heavy (non-hydrogen) atoms. The number of nitrogens with one attached hydrogen (secondary N) is 1. The molecule has 0 saturated heterocycles. The highest BCUT2D eigenvalue weighted by Crippen LogP contribution is 2.15. The monoisotopic (exact) mass is 395 g/mol. The summed E-state index contributed by atoms with van der Waals surface area (Å²) in [6.07, 6.45) is 3.26. The maximum atomic E-state index is 13.1. The van der Waals surface area contributed by atoms with E-state index in [0.717, 1.165) is 5.56 Å². The van der Waals surface area contributed by atoms with Gasteiger partial charge in [0.1, 0.15) is 11.6 Å². The molecule has 2 aromatic carbocycles. The number of carbonyl (C=O) groups is 1. The number of aromatic nitrogens is 4. The van der Waals surface area contributed by atoms with Crippen molar-refractivity contribution in [2.24, 2.45) is 0 Å². The Morgan fingerprint density at radius 1 is 1.04 bits per heavy atom. The molecular weight excluding hydrogens is 381 g/mol. The molecule has 0 unspecified atom stereocenters. The number of halogens is 2. The highest BCUT2D eigenvalue weighted by Gasteiger charge is 2.13. The minimum absolute atomic E-state index is 0.239. The van der Waals surface area contributed by atoms with Gasteiger partial charge in [-0.1, -0.05) is 23.7 Å². The number of anilines is 1. The lowest BCUT2D eigenvalue weighted by Gasteiger charge is -2.08. The average Bonchev–Trinajstić information content (AvgIpc) is 3.34. The zero-order chi connectivity index (χ0) is 19.5. The van der Waals surface area contributed by atoms with Crippen LogP contribution in [0.25, 0.3) is 5.69 Å². The molecule has 1 N–H and O–H groups in total. The van der Waals surface area contributed by atoms with Gasteiger partial charge in [-0.15, -0.1) is 0 Å². The maximum absolute atomic E-state index is 13.1. The molecule has 6 nitrogen and oxygen atoms in total. The Labute approximate surface area is 165 Å². The van der Waals surface area contributed by atoms with Crippen LogP contribution < -0.4 is 5.32 Å². The van der Waals surface area contributed by atoms with Crippen molar-refractivity contribution in [2.45, 2.75) is 6.54 Å². The van der Waals surface area contributed by atoms with E-state index in [4.69, 9.17) is 11.6 Å². The van der Waals surface area contributed by atoms with Crippen LogP contribution in [0.3, 0.4) is 0 Å². The smallest absolute Gasteiger partial charge is 0.277 e. The van der Waals surface area contributed by atoms with E-state index in [1.54, 1.807) is 53.5 Å². The van der Waals surface area contributed by atoms with Gasteiger partial charge in [-0.3, -0.25) is 4.79 Å². The molecule has 0 aliphatic rings. The minimum Gasteiger partial charge on any atom is -0.305 e. The summed E-state index contributed by atoms with van der Waals surface area (Å²) in [5.74, 6) is -0.141. The number of rotatable bonds is 5. The molecule has 0 spiro atoms. The van der Waals surface area contributed by atoms with Gasteiger partial charge >= 0.3 is 0 Å². The summed E-state index contributed by atoms with van der Waals surface area (Å²) in [5, 5.41) is 12.0. The lowest BCUT2D eigenvalue weighted by Crippen LogP contribution is -2.17. The zero-order valence-corrected chi connectivity index (χ0v) is 15.3. The number of hydrogen-bond acceptors (Lipinski definition) is 3. The predicted molar refractivity (Wildman–Crippen MR) is 104 cm³/mol. The number of nitrogens with zero attached hydrogens (tertiary/aromatic N) is 4. The van der Waals surface area contributed by atoms with Crippen LogP contribution in [-0.2, 0) is 6.54 Å². The van der Waals surface area contributed by atoms with Crippen molar-refractivity contribution < 1.29 is 9.18 Å². The van der Waals surface area contributed by atoms with Crippen molar-refractivity contribution in [3.63, 3.8) is 0 Å². The van der Waals surface area contributed by atoms with Crippen LogP contribution in [-0.4, -0.2) is 25.5 Å². The van der Waals surface area contributed by atoms with Gasteiger partial charge < -0.3 is 5.32 Å². The largest absolute Gasteiger partial charge is 0.305 e. The molecule has 0 radical (unpaired) electrons. The summed E-state index contributed by atoms with van der Waals surface area (Å²) in [4.78, 5) is 12.6. The summed E-state index contributed by atoms with van der Waals surface area (Å²) in [7, 11) is 0. The number of carbonyl (C=O) groups excluding carboxylic acids is 1. The van der Waals surface area contributed by atoms with Crippen LogP contribution in [0.5, 0.6) is 0 Å². The summed E-state index contributed by atoms with van der Waals surface area (Å²) in [6, 6.07) is 16.6. The number of hydrogen-bond donors (Lipinski definition) is 1. The van der Waals surface area contributed by atoms with Gasteiger partial charge in [-0.25, -0.2) is 13.8 Å². The fourth-order valence-corrected chi connectivity index (χ4v) is 2.82. The first-order valence-electron chi connectivity index (χ1n) is 8.48. The van der Waals surface area contributed by atoms with E-state index in [2.05, 4.69) is 15.5 Å². The molecular formula is C20H15ClFN5O. The third-order valence-corrected chi connectivity index (χ3v) is 4.37. The molecule has 0 atom stereocenters. The van der Waals surface area contributed by atoms with Crippen molar-refractivity contribution >= 4 is 23.3 Å². The van der Waals surface area contributed by atoms with Crippen molar-refractivity contribution in [1.29, 1.82) is 0 Å².